The molecule has 0 bridgehead atoms. The minimum absolute atomic E-state index is 0. The van der Waals surface area contributed by atoms with Crippen LogP contribution < -0.4 is 0 Å². The number of hydrogen-bond acceptors (Lipinski definition) is 4. The maximum Gasteiger partial charge on any atom is 0.141 e. The van der Waals surface area contributed by atoms with E-state index >= 15 is 0 Å². The number of aromatic nitrogens is 1. The van der Waals surface area contributed by atoms with Gasteiger partial charge in [0.1, 0.15) is 17.2 Å². The molecule has 1 aromatic heterocycles. The summed E-state index contributed by atoms with van der Waals surface area (Å²) in [6.45, 7) is 0. The third-order valence-electron chi connectivity index (χ3n) is 2.73. The molecule has 2 aromatic carbocycles. The maximum atomic E-state index is 9.50. The molecule has 2 N–H and O–H groups in total. The van der Waals surface area contributed by atoms with E-state index < -0.39 is 0 Å². The minimum Gasteiger partial charge on any atom is -0.507 e. The molecule has 1 heterocycles. The molecule has 0 spiro atoms. The van der Waals surface area contributed by atoms with E-state index in [1.54, 1.807) is 54.9 Å². The summed E-state index contributed by atoms with van der Waals surface area (Å²) in [6, 6.07) is 19.4. The molecule has 4 nitrogen and oxygen atoms in total. The Balaban J connectivity index is 0.000000320. The average molecular weight is 487 g/mol. The van der Waals surface area contributed by atoms with Crippen molar-refractivity contribution in [1.82, 2.24) is 4.98 Å². The molecular weight excluding hydrogens is 471 g/mol. The van der Waals surface area contributed by atoms with Crippen LogP contribution in [0, 0.1) is 0 Å². The van der Waals surface area contributed by atoms with E-state index in [2.05, 4.69) is 9.98 Å². The number of rotatable bonds is 2. The summed E-state index contributed by atoms with van der Waals surface area (Å²) in [5, 5.41) is 19.0. The zero-order valence-electron chi connectivity index (χ0n) is 12.2. The summed E-state index contributed by atoms with van der Waals surface area (Å²) in [6.07, 6.45) is 5.02. The van der Waals surface area contributed by atoms with Crippen molar-refractivity contribution in [3.05, 3.63) is 84.7 Å². The predicted molar refractivity (Wildman–Crippen MR) is 87.7 cm³/mol. The van der Waals surface area contributed by atoms with E-state index in [-0.39, 0.29) is 32.6 Å². The van der Waals surface area contributed by atoms with Gasteiger partial charge in [-0.2, -0.15) is 0 Å². The number of hydrogen-bond donors (Lipinski definition) is 2. The van der Waals surface area contributed by atoms with Gasteiger partial charge in [0.25, 0.3) is 0 Å². The van der Waals surface area contributed by atoms with Crippen LogP contribution in [0.15, 0.2) is 84.1 Å². The number of para-hydroxylation sites is 3. The first kappa shape index (κ1) is 18.6. The molecule has 0 aliphatic carbocycles. The fraction of sp³-hybridized carbons (Fsp3) is 0. The van der Waals surface area contributed by atoms with Gasteiger partial charge in [0.2, 0.25) is 0 Å². The Bertz CT molecular complexity index is 660. The Hall–Kier alpha value is -2.45. The second-order valence-electron chi connectivity index (χ2n) is 4.33. The van der Waals surface area contributed by atoms with Crippen molar-refractivity contribution in [2.75, 3.05) is 0 Å². The third kappa shape index (κ3) is 6.45. The third-order valence-corrected chi connectivity index (χ3v) is 2.73. The summed E-state index contributed by atoms with van der Waals surface area (Å²) < 4.78 is 0. The van der Waals surface area contributed by atoms with Crippen molar-refractivity contribution in [2.45, 2.75) is 0 Å². The molecular formula is C18H16N2O2Pt. The number of aromatic hydroxyl groups is 2. The molecule has 23 heavy (non-hydrogen) atoms. The van der Waals surface area contributed by atoms with Crippen LogP contribution in [0.4, 0.5) is 5.69 Å². The summed E-state index contributed by atoms with van der Waals surface area (Å²) >= 11 is 0. The number of aliphatic imine (C=N–C) groups is 1. The molecule has 3 aromatic rings. The van der Waals surface area contributed by atoms with Gasteiger partial charge in [0, 0.05) is 45.2 Å². The number of phenolic OH excluding ortho intramolecular Hbond substituents is 2. The molecule has 3 rings (SSSR count). The monoisotopic (exact) mass is 487 g/mol. The van der Waals surface area contributed by atoms with Gasteiger partial charge in [0.15, 0.2) is 0 Å². The fourth-order valence-corrected chi connectivity index (χ4v) is 1.62. The molecule has 0 saturated carbocycles. The largest absolute Gasteiger partial charge is 0.507 e. The van der Waals surface area contributed by atoms with Gasteiger partial charge in [-0.15, -0.1) is 0 Å². The Labute approximate surface area is 149 Å². The SMILES string of the molecule is Oc1ccccc1/C=N/c1ccccc1O.[Pt].c1ccncc1. The molecule has 0 saturated heterocycles. The van der Waals surface area contributed by atoms with Gasteiger partial charge < -0.3 is 10.2 Å². The van der Waals surface area contributed by atoms with Crippen LogP contribution in [0.2, 0.25) is 0 Å². The van der Waals surface area contributed by atoms with Crippen molar-refractivity contribution in [2.24, 2.45) is 4.99 Å². The molecule has 0 atom stereocenters. The first-order valence-corrected chi connectivity index (χ1v) is 6.72. The molecule has 0 fully saturated rings. The molecule has 0 aliphatic heterocycles. The molecule has 0 radical (unpaired) electrons. The first-order valence-electron chi connectivity index (χ1n) is 6.72. The van der Waals surface area contributed by atoms with Crippen molar-refractivity contribution in [3.63, 3.8) is 0 Å². The van der Waals surface area contributed by atoms with Crippen LogP contribution in [0.3, 0.4) is 0 Å². The van der Waals surface area contributed by atoms with Crippen LogP contribution in [-0.4, -0.2) is 21.4 Å². The fourth-order valence-electron chi connectivity index (χ4n) is 1.62. The Morgan fingerprint density at radius 2 is 1.35 bits per heavy atom. The first-order chi connectivity index (χ1) is 10.8. The Morgan fingerprint density at radius 1 is 0.739 bits per heavy atom. The summed E-state index contributed by atoms with van der Waals surface area (Å²) in [7, 11) is 0. The van der Waals surface area contributed by atoms with E-state index in [4.69, 9.17) is 0 Å². The normalized spacial score (nSPS) is 9.57. The summed E-state index contributed by atoms with van der Waals surface area (Å²) in [4.78, 5) is 7.89. The smallest absolute Gasteiger partial charge is 0.141 e. The zero-order chi connectivity index (χ0) is 15.6. The topological polar surface area (TPSA) is 65.7 Å². The van der Waals surface area contributed by atoms with E-state index in [0.29, 0.717) is 11.3 Å². The van der Waals surface area contributed by atoms with Crippen LogP contribution in [-0.2, 0) is 21.1 Å². The van der Waals surface area contributed by atoms with E-state index in [0.717, 1.165) is 0 Å². The van der Waals surface area contributed by atoms with Gasteiger partial charge in [-0.3, -0.25) is 9.98 Å². The molecule has 5 heteroatoms. The van der Waals surface area contributed by atoms with Crippen LogP contribution >= 0.6 is 0 Å². The summed E-state index contributed by atoms with van der Waals surface area (Å²) in [5.41, 5.74) is 1.09. The molecule has 120 valence electrons. The van der Waals surface area contributed by atoms with Gasteiger partial charge in [-0.1, -0.05) is 30.3 Å². The number of pyridine rings is 1. The molecule has 0 aliphatic rings. The van der Waals surface area contributed by atoms with E-state index in [9.17, 15) is 10.2 Å². The van der Waals surface area contributed by atoms with Crippen molar-refractivity contribution in [3.8, 4) is 11.5 Å². The number of nitrogens with zero attached hydrogens (tertiary/aromatic N) is 2. The second-order valence-corrected chi connectivity index (χ2v) is 4.33. The quantitative estimate of drug-likeness (QED) is 0.539. The van der Waals surface area contributed by atoms with Crippen LogP contribution in [0.5, 0.6) is 11.5 Å². The molecule has 0 unspecified atom stereocenters. The standard InChI is InChI=1S/C13H11NO2.C5H5N.Pt/c15-12-7-3-1-5-10(12)9-14-11-6-2-4-8-13(11)16;1-2-4-6-5-3-1;/h1-9,15-16H;1-5H;/b14-9+;;. The van der Waals surface area contributed by atoms with Gasteiger partial charge >= 0.3 is 0 Å². The maximum absolute atomic E-state index is 9.50. The zero-order valence-corrected chi connectivity index (χ0v) is 14.5. The van der Waals surface area contributed by atoms with Crippen molar-refractivity contribution in [1.29, 1.82) is 0 Å². The predicted octanol–water partition coefficient (Wildman–Crippen LogP) is 3.93. The molecule has 0 amide bonds. The van der Waals surface area contributed by atoms with Crippen LogP contribution in [0.1, 0.15) is 5.56 Å². The van der Waals surface area contributed by atoms with E-state index in [1.165, 1.54) is 6.21 Å². The van der Waals surface area contributed by atoms with Crippen molar-refractivity contribution >= 4 is 11.9 Å². The van der Waals surface area contributed by atoms with Crippen LogP contribution in [0.25, 0.3) is 0 Å². The average Bonchev–Trinajstić information content (AvgIpc) is 2.58. The van der Waals surface area contributed by atoms with E-state index in [1.807, 2.05) is 24.3 Å². The minimum atomic E-state index is 0. The second kappa shape index (κ2) is 10.3. The number of benzene rings is 2. The van der Waals surface area contributed by atoms with Crippen molar-refractivity contribution < 1.29 is 31.3 Å². The number of phenols is 2. The van der Waals surface area contributed by atoms with Gasteiger partial charge in [0.05, 0.1) is 0 Å². The summed E-state index contributed by atoms with van der Waals surface area (Å²) in [5.74, 6) is 0.288. The van der Waals surface area contributed by atoms with Gasteiger partial charge in [-0.25, -0.2) is 0 Å². The Morgan fingerprint density at radius 3 is 1.87 bits per heavy atom. The Kier molecular flexibility index (Phi) is 8.33. The van der Waals surface area contributed by atoms with Gasteiger partial charge in [-0.05, 0) is 36.4 Å².